The number of nitrogens with one attached hydrogen (secondary N) is 1. The van der Waals surface area contributed by atoms with Crippen LogP contribution in [0.1, 0.15) is 49.3 Å². The van der Waals surface area contributed by atoms with Gasteiger partial charge in [0.1, 0.15) is 0 Å². The van der Waals surface area contributed by atoms with Crippen molar-refractivity contribution in [3.8, 4) is 0 Å². The fourth-order valence-electron chi connectivity index (χ4n) is 2.73. The minimum atomic E-state index is -0.441. The maximum atomic E-state index is 12.3. The Hall–Kier alpha value is -2.10. The van der Waals surface area contributed by atoms with Crippen LogP contribution in [0, 0.1) is 19.3 Å². The molecule has 0 aliphatic carbocycles. The zero-order valence-corrected chi connectivity index (χ0v) is 14.9. The lowest BCUT2D eigenvalue weighted by molar-refractivity contribution is -0.125. The average Bonchev–Trinajstić information content (AvgIpc) is 2.74. The molecule has 1 aromatic heterocycles. The SMILES string of the molecule is CCn1c(C)c(C)c2cc(C(=O)NCC(=O)C(C)(C)C)ccc21. The molecule has 2 aromatic rings. The van der Waals surface area contributed by atoms with Crippen molar-refractivity contribution < 1.29 is 9.59 Å². The Morgan fingerprint density at radius 1 is 1.17 bits per heavy atom. The van der Waals surface area contributed by atoms with Crippen LogP contribution < -0.4 is 5.32 Å². The second-order valence-electron chi connectivity index (χ2n) is 7.04. The van der Waals surface area contributed by atoms with E-state index in [1.165, 1.54) is 11.3 Å². The first kappa shape index (κ1) is 17.3. The van der Waals surface area contributed by atoms with Crippen LogP contribution in [0.15, 0.2) is 18.2 Å². The first-order chi connectivity index (χ1) is 10.7. The van der Waals surface area contributed by atoms with Crippen LogP contribution in [0.4, 0.5) is 0 Å². The number of Topliss-reactive ketones (excluding diaryl/α,β-unsaturated/α-hetero) is 1. The fraction of sp³-hybridized carbons (Fsp3) is 0.474. The molecule has 0 saturated heterocycles. The second kappa shape index (κ2) is 6.19. The molecule has 1 heterocycles. The number of carbonyl (C=O) groups excluding carboxylic acids is 2. The maximum absolute atomic E-state index is 12.3. The van der Waals surface area contributed by atoms with Gasteiger partial charge in [0.25, 0.3) is 5.91 Å². The standard InChI is InChI=1S/C19H26N2O2/c1-7-21-13(3)12(2)15-10-14(8-9-16(15)21)18(23)20-11-17(22)19(4,5)6/h8-10H,7,11H2,1-6H3,(H,20,23). The number of fused-ring (bicyclic) bond motifs is 1. The van der Waals surface area contributed by atoms with E-state index in [9.17, 15) is 9.59 Å². The van der Waals surface area contributed by atoms with Crippen LogP contribution in [-0.4, -0.2) is 22.8 Å². The van der Waals surface area contributed by atoms with Gasteiger partial charge in [-0.3, -0.25) is 9.59 Å². The third-order valence-electron chi connectivity index (χ3n) is 4.46. The molecule has 0 unspecified atom stereocenters. The predicted octanol–water partition coefficient (Wildman–Crippen LogP) is 3.62. The molecule has 0 bridgehead atoms. The molecule has 0 aliphatic rings. The van der Waals surface area contributed by atoms with Crippen molar-refractivity contribution >= 4 is 22.6 Å². The zero-order valence-electron chi connectivity index (χ0n) is 14.9. The number of nitrogens with zero attached hydrogens (tertiary/aromatic N) is 1. The molecule has 1 amide bonds. The van der Waals surface area contributed by atoms with E-state index in [-0.39, 0.29) is 18.2 Å². The quantitative estimate of drug-likeness (QED) is 0.937. The summed E-state index contributed by atoms with van der Waals surface area (Å²) in [4.78, 5) is 24.3. The molecule has 4 heteroatoms. The summed E-state index contributed by atoms with van der Waals surface area (Å²) >= 11 is 0. The summed E-state index contributed by atoms with van der Waals surface area (Å²) in [6, 6.07) is 5.73. The Balaban J connectivity index is 2.26. The number of carbonyl (C=O) groups is 2. The normalized spacial score (nSPS) is 11.7. The van der Waals surface area contributed by atoms with E-state index in [4.69, 9.17) is 0 Å². The van der Waals surface area contributed by atoms with Crippen molar-refractivity contribution in [1.82, 2.24) is 9.88 Å². The molecular formula is C19H26N2O2. The highest BCUT2D eigenvalue weighted by Crippen LogP contribution is 2.26. The van der Waals surface area contributed by atoms with Crippen LogP contribution >= 0.6 is 0 Å². The molecule has 0 saturated carbocycles. The topological polar surface area (TPSA) is 51.1 Å². The van der Waals surface area contributed by atoms with Gasteiger partial charge in [0.2, 0.25) is 0 Å². The Labute approximate surface area is 137 Å². The van der Waals surface area contributed by atoms with Gasteiger partial charge >= 0.3 is 0 Å². The minimum absolute atomic E-state index is 0.0242. The summed E-state index contributed by atoms with van der Waals surface area (Å²) in [6.45, 7) is 12.8. The molecule has 0 fully saturated rings. The van der Waals surface area contributed by atoms with Gasteiger partial charge in [0.15, 0.2) is 5.78 Å². The zero-order chi connectivity index (χ0) is 17.4. The minimum Gasteiger partial charge on any atom is -0.345 e. The summed E-state index contributed by atoms with van der Waals surface area (Å²) in [7, 11) is 0. The summed E-state index contributed by atoms with van der Waals surface area (Å²) in [5.41, 5.74) is 3.72. The molecule has 1 N–H and O–H groups in total. The molecule has 4 nitrogen and oxygen atoms in total. The molecule has 0 aliphatic heterocycles. The molecule has 0 spiro atoms. The van der Waals surface area contributed by atoms with Gasteiger partial charge in [-0.25, -0.2) is 0 Å². The fourth-order valence-corrected chi connectivity index (χ4v) is 2.73. The van der Waals surface area contributed by atoms with Gasteiger partial charge in [-0.15, -0.1) is 0 Å². The van der Waals surface area contributed by atoms with E-state index in [0.29, 0.717) is 5.56 Å². The largest absolute Gasteiger partial charge is 0.345 e. The molecule has 1 aromatic carbocycles. The van der Waals surface area contributed by atoms with Crippen molar-refractivity contribution in [2.75, 3.05) is 6.54 Å². The summed E-state index contributed by atoms with van der Waals surface area (Å²) in [6.07, 6.45) is 0. The number of amides is 1. The van der Waals surface area contributed by atoms with Crippen LogP contribution in [0.2, 0.25) is 0 Å². The van der Waals surface area contributed by atoms with Gasteiger partial charge in [-0.1, -0.05) is 20.8 Å². The second-order valence-corrected chi connectivity index (χ2v) is 7.04. The Morgan fingerprint density at radius 2 is 1.83 bits per heavy atom. The highest BCUT2D eigenvalue weighted by Gasteiger charge is 2.21. The third-order valence-corrected chi connectivity index (χ3v) is 4.46. The summed E-state index contributed by atoms with van der Waals surface area (Å²) in [5.74, 6) is -0.179. The smallest absolute Gasteiger partial charge is 0.251 e. The molecular weight excluding hydrogens is 288 g/mol. The van der Waals surface area contributed by atoms with E-state index in [2.05, 4.69) is 30.7 Å². The monoisotopic (exact) mass is 314 g/mol. The van der Waals surface area contributed by atoms with Gasteiger partial charge in [-0.2, -0.15) is 0 Å². The predicted molar refractivity (Wildman–Crippen MR) is 93.9 cm³/mol. The average molecular weight is 314 g/mol. The van der Waals surface area contributed by atoms with Gasteiger partial charge < -0.3 is 9.88 Å². The molecule has 124 valence electrons. The van der Waals surface area contributed by atoms with Crippen LogP contribution in [0.5, 0.6) is 0 Å². The first-order valence-electron chi connectivity index (χ1n) is 8.07. The van der Waals surface area contributed by atoms with Gasteiger partial charge in [0.05, 0.1) is 6.54 Å². The van der Waals surface area contributed by atoms with Crippen molar-refractivity contribution in [3.05, 3.63) is 35.0 Å². The van der Waals surface area contributed by atoms with Crippen LogP contribution in [-0.2, 0) is 11.3 Å². The number of aryl methyl sites for hydroxylation is 2. The summed E-state index contributed by atoms with van der Waals surface area (Å²) < 4.78 is 2.25. The van der Waals surface area contributed by atoms with Gasteiger partial charge in [-0.05, 0) is 44.5 Å². The maximum Gasteiger partial charge on any atom is 0.251 e. The third kappa shape index (κ3) is 3.31. The Bertz CT molecular complexity index is 764. The molecule has 23 heavy (non-hydrogen) atoms. The number of hydrogen-bond acceptors (Lipinski definition) is 2. The lowest BCUT2D eigenvalue weighted by atomic mass is 9.91. The van der Waals surface area contributed by atoms with E-state index in [1.807, 2.05) is 39.0 Å². The number of rotatable bonds is 4. The van der Waals surface area contributed by atoms with Crippen LogP contribution in [0.3, 0.4) is 0 Å². The van der Waals surface area contributed by atoms with E-state index >= 15 is 0 Å². The van der Waals surface area contributed by atoms with Gasteiger partial charge in [0, 0.05) is 34.1 Å². The molecule has 2 rings (SSSR count). The van der Waals surface area contributed by atoms with E-state index in [1.54, 1.807) is 0 Å². The van der Waals surface area contributed by atoms with Crippen molar-refractivity contribution in [1.29, 1.82) is 0 Å². The summed E-state index contributed by atoms with van der Waals surface area (Å²) in [5, 5.41) is 3.83. The van der Waals surface area contributed by atoms with Crippen molar-refractivity contribution in [3.63, 3.8) is 0 Å². The number of benzene rings is 1. The lowest BCUT2D eigenvalue weighted by Crippen LogP contribution is -2.35. The van der Waals surface area contributed by atoms with E-state index in [0.717, 1.165) is 17.4 Å². The van der Waals surface area contributed by atoms with Crippen LogP contribution in [0.25, 0.3) is 10.9 Å². The highest BCUT2D eigenvalue weighted by atomic mass is 16.2. The number of ketones is 1. The lowest BCUT2D eigenvalue weighted by Gasteiger charge is -2.16. The Morgan fingerprint density at radius 3 is 2.39 bits per heavy atom. The number of aromatic nitrogens is 1. The van der Waals surface area contributed by atoms with Crippen molar-refractivity contribution in [2.24, 2.45) is 5.41 Å². The van der Waals surface area contributed by atoms with E-state index < -0.39 is 5.41 Å². The molecule has 0 atom stereocenters. The first-order valence-corrected chi connectivity index (χ1v) is 8.07. The number of hydrogen-bond donors (Lipinski definition) is 1. The Kier molecular flexibility index (Phi) is 4.64. The van der Waals surface area contributed by atoms with Crippen molar-refractivity contribution in [2.45, 2.75) is 48.1 Å². The molecule has 0 radical (unpaired) electrons. The highest BCUT2D eigenvalue weighted by molar-refractivity contribution is 6.01.